The van der Waals surface area contributed by atoms with Crippen molar-refractivity contribution < 1.29 is 35.5 Å². The second-order valence-corrected chi connectivity index (χ2v) is 9.02. The highest BCUT2D eigenvalue weighted by molar-refractivity contribution is 5.85. The van der Waals surface area contributed by atoms with Crippen molar-refractivity contribution in [2.75, 3.05) is 5.32 Å². The Morgan fingerprint density at radius 3 is 2.00 bits per heavy atom. The summed E-state index contributed by atoms with van der Waals surface area (Å²) >= 11 is 0. The predicted molar refractivity (Wildman–Crippen MR) is 124 cm³/mol. The van der Waals surface area contributed by atoms with Gasteiger partial charge in [0, 0.05) is 11.6 Å². The van der Waals surface area contributed by atoms with Gasteiger partial charge in [-0.05, 0) is 78.4 Å². The first-order valence-electron chi connectivity index (χ1n) is 11.1. The number of rotatable bonds is 7. The molecule has 3 aromatic rings. The molecule has 0 amide bonds. The molecule has 1 N–H and O–H groups in total. The third kappa shape index (κ3) is 6.65. The second-order valence-electron chi connectivity index (χ2n) is 9.02. The van der Waals surface area contributed by atoms with Gasteiger partial charge in [-0.25, -0.2) is 4.39 Å². The first-order valence-corrected chi connectivity index (χ1v) is 11.1. The molecule has 1 unspecified atom stereocenters. The summed E-state index contributed by atoms with van der Waals surface area (Å²) in [6.45, 7) is 5.25. The van der Waals surface area contributed by atoms with Crippen molar-refractivity contribution >= 4 is 17.2 Å². The van der Waals surface area contributed by atoms with E-state index in [0.717, 1.165) is 24.3 Å². The number of benzene rings is 3. The minimum atomic E-state index is -4.84. The highest BCUT2D eigenvalue weighted by atomic mass is 19.4. The molecule has 0 bridgehead atoms. The minimum absolute atomic E-state index is 0.124. The van der Waals surface area contributed by atoms with Gasteiger partial charge < -0.3 is 5.32 Å². The summed E-state index contributed by atoms with van der Waals surface area (Å²) in [4.78, 5) is 12.4. The monoisotopic (exact) mass is 511 g/mol. The van der Waals surface area contributed by atoms with Gasteiger partial charge in [0.05, 0.1) is 16.8 Å². The van der Waals surface area contributed by atoms with Crippen molar-refractivity contribution in [2.24, 2.45) is 5.92 Å². The van der Waals surface area contributed by atoms with Crippen LogP contribution in [-0.2, 0) is 17.1 Å². The number of carbonyl (C=O) groups excluding carboxylic acids is 1. The van der Waals surface area contributed by atoms with Gasteiger partial charge in [0.1, 0.15) is 11.6 Å². The van der Waals surface area contributed by atoms with E-state index < -0.39 is 40.9 Å². The van der Waals surface area contributed by atoms with Crippen LogP contribution >= 0.6 is 0 Å². The van der Waals surface area contributed by atoms with Crippen molar-refractivity contribution in [3.8, 4) is 11.1 Å². The van der Waals surface area contributed by atoms with Gasteiger partial charge >= 0.3 is 12.4 Å². The highest BCUT2D eigenvalue weighted by Gasteiger charge is 2.34. The molecule has 0 aliphatic heterocycles. The highest BCUT2D eigenvalue weighted by Crippen LogP contribution is 2.39. The average Bonchev–Trinajstić information content (AvgIpc) is 2.77. The minimum Gasteiger partial charge on any atom is -0.355 e. The molecule has 1 atom stereocenters. The van der Waals surface area contributed by atoms with Crippen LogP contribution in [0.4, 0.5) is 42.1 Å². The van der Waals surface area contributed by atoms with Gasteiger partial charge in [-0.3, -0.25) is 4.79 Å². The topological polar surface area (TPSA) is 29.1 Å². The maximum absolute atomic E-state index is 13.6. The summed E-state index contributed by atoms with van der Waals surface area (Å²) in [5.41, 5.74) is -0.981. The van der Waals surface area contributed by atoms with Crippen LogP contribution < -0.4 is 5.32 Å². The van der Waals surface area contributed by atoms with Crippen LogP contribution in [-0.4, -0.2) is 5.78 Å². The van der Waals surface area contributed by atoms with E-state index in [-0.39, 0.29) is 17.4 Å². The number of alkyl halides is 6. The largest absolute Gasteiger partial charge is 0.418 e. The van der Waals surface area contributed by atoms with E-state index in [0.29, 0.717) is 29.2 Å². The van der Waals surface area contributed by atoms with E-state index in [2.05, 4.69) is 5.32 Å². The molecule has 3 rings (SSSR count). The molecule has 0 aliphatic carbocycles. The molecule has 0 radical (unpaired) electrons. The van der Waals surface area contributed by atoms with Crippen molar-refractivity contribution in [3.63, 3.8) is 0 Å². The number of nitrogens with one attached hydrogen (secondary N) is 1. The summed E-state index contributed by atoms with van der Waals surface area (Å²) in [7, 11) is 0. The van der Waals surface area contributed by atoms with Crippen LogP contribution in [0.25, 0.3) is 11.1 Å². The summed E-state index contributed by atoms with van der Waals surface area (Å²) in [6, 6.07) is 11.2. The fraction of sp³-hybridized carbons (Fsp3) is 0.296. The first-order chi connectivity index (χ1) is 16.6. The Kier molecular flexibility index (Phi) is 7.81. The molecule has 192 valence electrons. The summed E-state index contributed by atoms with van der Waals surface area (Å²) in [6.07, 6.45) is -8.89. The third-order valence-electron chi connectivity index (χ3n) is 5.67. The van der Waals surface area contributed by atoms with Crippen molar-refractivity contribution in [1.82, 2.24) is 0 Å². The van der Waals surface area contributed by atoms with Crippen LogP contribution in [0.15, 0.2) is 60.7 Å². The van der Waals surface area contributed by atoms with Gasteiger partial charge in [0.2, 0.25) is 0 Å². The second kappa shape index (κ2) is 10.3. The summed E-state index contributed by atoms with van der Waals surface area (Å²) < 4.78 is 93.1. The molecule has 36 heavy (non-hydrogen) atoms. The normalized spacial score (nSPS) is 13.1. The van der Waals surface area contributed by atoms with Crippen molar-refractivity contribution in [2.45, 2.75) is 45.5 Å². The summed E-state index contributed by atoms with van der Waals surface area (Å²) in [5.74, 6) is -1.66. The van der Waals surface area contributed by atoms with Crippen molar-refractivity contribution in [1.29, 1.82) is 0 Å². The number of halogens is 7. The number of hydrogen-bond acceptors (Lipinski definition) is 2. The molecule has 0 aromatic heterocycles. The molecule has 0 fully saturated rings. The number of anilines is 2. The Bertz CT molecular complexity index is 1230. The molecule has 9 heteroatoms. The smallest absolute Gasteiger partial charge is 0.355 e. The Hall–Kier alpha value is -3.36. The van der Waals surface area contributed by atoms with Crippen LogP contribution in [0.5, 0.6) is 0 Å². The van der Waals surface area contributed by atoms with E-state index >= 15 is 0 Å². The molecule has 0 saturated heterocycles. The van der Waals surface area contributed by atoms with Crippen LogP contribution in [0.1, 0.15) is 49.8 Å². The van der Waals surface area contributed by atoms with E-state index in [4.69, 9.17) is 0 Å². The maximum Gasteiger partial charge on any atom is 0.418 e. The third-order valence-corrected chi connectivity index (χ3v) is 5.67. The maximum atomic E-state index is 13.6. The molecular formula is C27H24F7NO. The number of Topliss-reactive ketones (excluding diaryl/α,β-unsaturated/α-hetero) is 1. The quantitative estimate of drug-likeness (QED) is 0.321. The Labute approximate surface area is 204 Å². The molecule has 0 spiro atoms. The Balaban J connectivity index is 2.15. The van der Waals surface area contributed by atoms with E-state index in [1.54, 1.807) is 6.07 Å². The lowest BCUT2D eigenvalue weighted by Gasteiger charge is -2.21. The van der Waals surface area contributed by atoms with Crippen LogP contribution in [0.2, 0.25) is 0 Å². The molecule has 2 nitrogen and oxygen atoms in total. The van der Waals surface area contributed by atoms with Gasteiger partial charge in [-0.2, -0.15) is 26.3 Å². The fourth-order valence-corrected chi connectivity index (χ4v) is 3.97. The number of hydrogen-bond donors (Lipinski definition) is 1. The zero-order valence-corrected chi connectivity index (χ0v) is 19.7. The van der Waals surface area contributed by atoms with Gasteiger partial charge in [0.15, 0.2) is 0 Å². The Morgan fingerprint density at radius 2 is 1.47 bits per heavy atom. The predicted octanol–water partition coefficient (Wildman–Crippen LogP) is 8.99. The summed E-state index contributed by atoms with van der Waals surface area (Å²) in [5, 5.41) is 2.66. The van der Waals surface area contributed by atoms with Crippen LogP contribution in [0, 0.1) is 11.7 Å². The lowest BCUT2D eigenvalue weighted by molar-refractivity contribution is -0.138. The molecular weight excluding hydrogens is 487 g/mol. The fourth-order valence-electron chi connectivity index (χ4n) is 3.97. The zero-order chi connectivity index (χ0) is 26.8. The molecule has 0 heterocycles. The zero-order valence-electron chi connectivity index (χ0n) is 19.7. The van der Waals surface area contributed by atoms with E-state index in [1.807, 2.05) is 13.8 Å². The van der Waals surface area contributed by atoms with Gasteiger partial charge in [0.25, 0.3) is 0 Å². The van der Waals surface area contributed by atoms with E-state index in [1.165, 1.54) is 31.2 Å². The van der Waals surface area contributed by atoms with Crippen molar-refractivity contribution in [3.05, 3.63) is 83.2 Å². The average molecular weight is 511 g/mol. The molecule has 3 aromatic carbocycles. The molecule has 0 aliphatic rings. The SMILES string of the molecule is CC(=O)C(CC(C)C)c1cc(Nc2ccc(F)cc2C(F)(F)F)cc(-c2ccc(C(F)(F)F)cc2)c1. The molecule has 0 saturated carbocycles. The number of ketones is 1. The van der Waals surface area contributed by atoms with Crippen LogP contribution in [0.3, 0.4) is 0 Å². The first kappa shape index (κ1) is 27.2. The number of carbonyl (C=O) groups is 1. The van der Waals surface area contributed by atoms with E-state index in [9.17, 15) is 35.5 Å². The lowest BCUT2D eigenvalue weighted by Crippen LogP contribution is -2.13. The van der Waals surface area contributed by atoms with Gasteiger partial charge in [-0.1, -0.05) is 32.0 Å². The Morgan fingerprint density at radius 1 is 0.833 bits per heavy atom. The lowest BCUT2D eigenvalue weighted by atomic mass is 9.85. The standard InChI is InChI=1S/C27H24F7NO/c1-15(2)10-23(16(3)36)19-11-18(17-4-6-20(7-5-17)26(29,30)31)12-22(13-19)35-25-9-8-21(28)14-24(25)27(32,33)34/h4-9,11-15,23,35H,10H2,1-3H3. The van der Waals surface area contributed by atoms with Gasteiger partial charge in [-0.15, -0.1) is 0 Å².